The zero-order valence-electron chi connectivity index (χ0n) is 10.5. The lowest BCUT2D eigenvalue weighted by atomic mass is 10.1. The molecule has 0 fully saturated rings. The van der Waals surface area contributed by atoms with Crippen molar-refractivity contribution in [1.82, 2.24) is 0 Å². The van der Waals surface area contributed by atoms with Gasteiger partial charge in [0.15, 0.2) is 5.82 Å². The monoisotopic (exact) mass is 296 g/mol. The molecule has 3 N–H and O–H groups in total. The molecule has 0 bridgehead atoms. The molecule has 0 saturated heterocycles. The molecule has 0 aliphatic carbocycles. The topological polar surface area (TPSA) is 55.1 Å². The number of benzene rings is 2. The molecule has 0 radical (unpaired) electrons. The first-order valence-corrected chi connectivity index (χ1v) is 6.09. The van der Waals surface area contributed by atoms with Crippen LogP contribution in [-0.2, 0) is 0 Å². The number of anilines is 2. The average Bonchev–Trinajstić information content (AvgIpc) is 2.39. The smallest absolute Gasteiger partial charge is 0.258 e. The van der Waals surface area contributed by atoms with E-state index in [-0.39, 0.29) is 0 Å². The van der Waals surface area contributed by atoms with Crippen LogP contribution in [0, 0.1) is 18.6 Å². The normalized spacial score (nSPS) is 10.4. The van der Waals surface area contributed by atoms with Gasteiger partial charge in [-0.15, -0.1) is 0 Å². The molecule has 0 aliphatic heterocycles. The van der Waals surface area contributed by atoms with E-state index in [9.17, 15) is 13.6 Å². The van der Waals surface area contributed by atoms with E-state index in [1.54, 1.807) is 25.1 Å². The van der Waals surface area contributed by atoms with Gasteiger partial charge in [-0.05, 0) is 36.8 Å². The van der Waals surface area contributed by atoms with Crippen molar-refractivity contribution < 1.29 is 13.6 Å². The molecular weight excluding hydrogens is 286 g/mol. The van der Waals surface area contributed by atoms with Gasteiger partial charge in [0.1, 0.15) is 5.82 Å². The van der Waals surface area contributed by atoms with E-state index in [1.807, 2.05) is 0 Å². The summed E-state index contributed by atoms with van der Waals surface area (Å²) in [5.41, 5.74) is 5.47. The van der Waals surface area contributed by atoms with Crippen LogP contribution in [0.15, 0.2) is 30.3 Å². The van der Waals surface area contributed by atoms with Crippen LogP contribution in [0.25, 0.3) is 0 Å². The molecule has 0 unspecified atom stereocenters. The molecule has 2 aromatic rings. The van der Waals surface area contributed by atoms with E-state index in [0.29, 0.717) is 16.3 Å². The molecule has 0 saturated carbocycles. The second kappa shape index (κ2) is 5.46. The number of rotatable bonds is 2. The Morgan fingerprint density at radius 2 is 2.00 bits per heavy atom. The molecule has 6 heteroatoms. The van der Waals surface area contributed by atoms with Gasteiger partial charge < -0.3 is 11.1 Å². The fraction of sp³-hybridized carbons (Fsp3) is 0.0714. The fourth-order valence-electron chi connectivity index (χ4n) is 1.71. The highest BCUT2D eigenvalue weighted by molar-refractivity contribution is 6.31. The average molecular weight is 297 g/mol. The number of hydrogen-bond donors (Lipinski definition) is 2. The Hall–Kier alpha value is -2.14. The lowest BCUT2D eigenvalue weighted by molar-refractivity contribution is 0.102. The highest BCUT2D eigenvalue weighted by Gasteiger charge is 2.17. The number of nitrogen functional groups attached to an aromatic ring is 1. The summed E-state index contributed by atoms with van der Waals surface area (Å²) in [7, 11) is 0. The summed E-state index contributed by atoms with van der Waals surface area (Å²) >= 11 is 5.92. The predicted molar refractivity (Wildman–Crippen MR) is 74.9 cm³/mol. The van der Waals surface area contributed by atoms with Gasteiger partial charge >= 0.3 is 0 Å². The number of nitrogens with one attached hydrogen (secondary N) is 1. The third-order valence-corrected chi connectivity index (χ3v) is 3.24. The van der Waals surface area contributed by atoms with Crippen molar-refractivity contribution in [2.24, 2.45) is 0 Å². The number of carbonyl (C=O) groups excluding carboxylic acids is 1. The summed E-state index contributed by atoms with van der Waals surface area (Å²) in [4.78, 5) is 12.0. The quantitative estimate of drug-likeness (QED) is 0.829. The van der Waals surface area contributed by atoms with Crippen molar-refractivity contribution in [3.8, 4) is 0 Å². The van der Waals surface area contributed by atoms with Crippen LogP contribution in [0.3, 0.4) is 0 Å². The summed E-state index contributed by atoms with van der Waals surface area (Å²) in [6.45, 7) is 1.70. The number of nitrogens with two attached hydrogens (primary N) is 1. The van der Waals surface area contributed by atoms with Crippen molar-refractivity contribution >= 4 is 28.9 Å². The Kier molecular flexibility index (Phi) is 3.90. The van der Waals surface area contributed by atoms with E-state index < -0.39 is 28.8 Å². The highest BCUT2D eigenvalue weighted by atomic mass is 35.5. The Labute approximate surface area is 119 Å². The second-order valence-electron chi connectivity index (χ2n) is 4.22. The van der Waals surface area contributed by atoms with Gasteiger partial charge in [-0.2, -0.15) is 0 Å². The first kappa shape index (κ1) is 14.3. The van der Waals surface area contributed by atoms with Crippen molar-refractivity contribution in [2.45, 2.75) is 6.92 Å². The van der Waals surface area contributed by atoms with E-state index in [1.165, 1.54) is 0 Å². The van der Waals surface area contributed by atoms with Crippen LogP contribution in [0.4, 0.5) is 20.2 Å². The Balaban J connectivity index is 2.36. The Morgan fingerprint density at radius 3 is 2.70 bits per heavy atom. The summed E-state index contributed by atoms with van der Waals surface area (Å²) in [6.07, 6.45) is 0. The third kappa shape index (κ3) is 2.72. The molecule has 20 heavy (non-hydrogen) atoms. The zero-order valence-corrected chi connectivity index (χ0v) is 11.3. The van der Waals surface area contributed by atoms with Gasteiger partial charge in [0.25, 0.3) is 5.91 Å². The third-order valence-electron chi connectivity index (χ3n) is 2.83. The van der Waals surface area contributed by atoms with Crippen LogP contribution in [-0.4, -0.2) is 5.91 Å². The van der Waals surface area contributed by atoms with Gasteiger partial charge in [-0.25, -0.2) is 8.78 Å². The van der Waals surface area contributed by atoms with Crippen LogP contribution in [0.1, 0.15) is 15.9 Å². The lowest BCUT2D eigenvalue weighted by Crippen LogP contribution is -2.16. The van der Waals surface area contributed by atoms with Gasteiger partial charge in [-0.1, -0.05) is 17.7 Å². The first-order valence-electron chi connectivity index (χ1n) is 5.71. The largest absolute Gasteiger partial charge is 0.396 e. The molecule has 0 aromatic heterocycles. The van der Waals surface area contributed by atoms with Gasteiger partial charge in [0.2, 0.25) is 0 Å². The summed E-state index contributed by atoms with van der Waals surface area (Å²) in [6, 6.07) is 6.52. The van der Waals surface area contributed by atoms with Crippen molar-refractivity contribution in [3.05, 3.63) is 58.1 Å². The SMILES string of the molecule is Cc1c(Cl)cccc1NC(=O)c1cc(F)cc(N)c1F. The molecule has 3 nitrogen and oxygen atoms in total. The molecule has 0 heterocycles. The number of hydrogen-bond acceptors (Lipinski definition) is 2. The summed E-state index contributed by atoms with van der Waals surface area (Å²) < 4.78 is 26.9. The molecule has 1 amide bonds. The van der Waals surface area contributed by atoms with Crippen LogP contribution in [0.2, 0.25) is 5.02 Å². The van der Waals surface area contributed by atoms with Crippen LogP contribution < -0.4 is 11.1 Å². The minimum Gasteiger partial charge on any atom is -0.396 e. The maximum atomic E-state index is 13.7. The summed E-state index contributed by atoms with van der Waals surface area (Å²) in [5, 5.41) is 2.94. The van der Waals surface area contributed by atoms with E-state index in [0.717, 1.165) is 12.1 Å². The number of halogens is 3. The predicted octanol–water partition coefficient (Wildman–Crippen LogP) is 3.76. The molecule has 104 valence electrons. The van der Waals surface area contributed by atoms with Gasteiger partial charge in [0, 0.05) is 10.7 Å². The maximum Gasteiger partial charge on any atom is 0.258 e. The molecule has 2 rings (SSSR count). The van der Waals surface area contributed by atoms with Crippen molar-refractivity contribution in [3.63, 3.8) is 0 Å². The van der Waals surface area contributed by atoms with E-state index in [4.69, 9.17) is 17.3 Å². The van der Waals surface area contributed by atoms with Crippen molar-refractivity contribution in [2.75, 3.05) is 11.1 Å². The first-order chi connectivity index (χ1) is 9.40. The second-order valence-corrected chi connectivity index (χ2v) is 4.63. The van der Waals surface area contributed by atoms with Crippen LogP contribution >= 0.6 is 11.6 Å². The molecular formula is C14H11ClF2N2O. The highest BCUT2D eigenvalue weighted by Crippen LogP contribution is 2.24. The molecule has 2 aromatic carbocycles. The lowest BCUT2D eigenvalue weighted by Gasteiger charge is -2.10. The Bertz CT molecular complexity index is 689. The van der Waals surface area contributed by atoms with Gasteiger partial charge in [-0.3, -0.25) is 4.79 Å². The molecule has 0 spiro atoms. The molecule has 0 aliphatic rings. The van der Waals surface area contributed by atoms with Gasteiger partial charge in [0.05, 0.1) is 11.3 Å². The minimum absolute atomic E-state index is 0.419. The standard InChI is InChI=1S/C14H11ClF2N2O/c1-7-10(15)3-2-4-12(7)19-14(20)9-5-8(16)6-11(18)13(9)17/h2-6H,18H2,1H3,(H,19,20). The summed E-state index contributed by atoms with van der Waals surface area (Å²) in [5.74, 6) is -2.53. The minimum atomic E-state index is -0.955. The van der Waals surface area contributed by atoms with Crippen LogP contribution in [0.5, 0.6) is 0 Å². The van der Waals surface area contributed by atoms with E-state index >= 15 is 0 Å². The molecule has 0 atom stereocenters. The fourth-order valence-corrected chi connectivity index (χ4v) is 1.88. The number of carbonyl (C=O) groups is 1. The number of amides is 1. The van der Waals surface area contributed by atoms with E-state index in [2.05, 4.69) is 5.32 Å². The van der Waals surface area contributed by atoms with Crippen molar-refractivity contribution in [1.29, 1.82) is 0 Å². The Morgan fingerprint density at radius 1 is 1.30 bits per heavy atom. The zero-order chi connectivity index (χ0) is 14.9. The maximum absolute atomic E-state index is 13.7.